The zero-order valence-corrected chi connectivity index (χ0v) is 9.70. The molecule has 1 aromatic carbocycles. The normalized spacial score (nSPS) is 18.6. The zero-order valence-electron chi connectivity index (χ0n) is 8.95. The molecule has 76 valence electrons. The van der Waals surface area contributed by atoms with Crippen LogP contribution in [0.4, 0.5) is 5.69 Å². The molecule has 0 aromatic heterocycles. The molecule has 0 aliphatic carbocycles. The van der Waals surface area contributed by atoms with Crippen LogP contribution in [0.25, 0.3) is 0 Å². The average molecular weight is 210 g/mol. The fourth-order valence-corrected chi connectivity index (χ4v) is 2.27. The topological polar surface area (TPSA) is 12.0 Å². The monoisotopic (exact) mass is 209 g/mol. The molecule has 1 N–H and O–H groups in total. The van der Waals surface area contributed by atoms with E-state index in [9.17, 15) is 0 Å². The van der Waals surface area contributed by atoms with Crippen molar-refractivity contribution in [1.82, 2.24) is 0 Å². The minimum absolute atomic E-state index is 0.274. The SMILES string of the molecule is Cc1c(Cl)ccc2c1NCCC2(C)C. The van der Waals surface area contributed by atoms with Crippen LogP contribution < -0.4 is 5.32 Å². The average Bonchev–Trinajstić information content (AvgIpc) is 2.11. The van der Waals surface area contributed by atoms with Gasteiger partial charge in [0.2, 0.25) is 0 Å². The van der Waals surface area contributed by atoms with Gasteiger partial charge in [0.1, 0.15) is 0 Å². The first-order valence-corrected chi connectivity index (χ1v) is 5.43. The van der Waals surface area contributed by atoms with E-state index in [1.165, 1.54) is 23.2 Å². The van der Waals surface area contributed by atoms with Crippen molar-refractivity contribution in [2.75, 3.05) is 11.9 Å². The molecule has 2 rings (SSSR count). The Morgan fingerprint density at radius 1 is 1.36 bits per heavy atom. The quantitative estimate of drug-likeness (QED) is 0.687. The third kappa shape index (κ3) is 1.40. The van der Waals surface area contributed by atoms with Crippen molar-refractivity contribution in [3.8, 4) is 0 Å². The number of fused-ring (bicyclic) bond motifs is 1. The first-order chi connectivity index (χ1) is 6.52. The molecule has 1 heterocycles. The molecule has 0 unspecified atom stereocenters. The number of halogens is 1. The number of hydrogen-bond donors (Lipinski definition) is 1. The van der Waals surface area contributed by atoms with Crippen LogP contribution in [0.3, 0.4) is 0 Å². The second-order valence-electron chi connectivity index (χ2n) is 4.66. The van der Waals surface area contributed by atoms with Crippen LogP contribution in [-0.2, 0) is 5.41 Å². The van der Waals surface area contributed by atoms with Gasteiger partial charge in [-0.3, -0.25) is 0 Å². The van der Waals surface area contributed by atoms with E-state index < -0.39 is 0 Å². The summed E-state index contributed by atoms with van der Waals surface area (Å²) in [6.45, 7) is 7.71. The molecule has 0 atom stereocenters. The van der Waals surface area contributed by atoms with Crippen molar-refractivity contribution in [3.05, 3.63) is 28.3 Å². The van der Waals surface area contributed by atoms with Crippen molar-refractivity contribution in [2.24, 2.45) is 0 Å². The summed E-state index contributed by atoms with van der Waals surface area (Å²) in [7, 11) is 0. The molecule has 0 saturated heterocycles. The minimum Gasteiger partial charge on any atom is -0.385 e. The maximum Gasteiger partial charge on any atom is 0.0455 e. The Hall–Kier alpha value is -0.690. The minimum atomic E-state index is 0.274. The molecule has 2 heteroatoms. The first kappa shape index (κ1) is 9.85. The van der Waals surface area contributed by atoms with Crippen LogP contribution in [0, 0.1) is 6.92 Å². The summed E-state index contributed by atoms with van der Waals surface area (Å²) in [6.07, 6.45) is 1.18. The van der Waals surface area contributed by atoms with Gasteiger partial charge in [-0.15, -0.1) is 0 Å². The van der Waals surface area contributed by atoms with E-state index in [0.717, 1.165) is 11.6 Å². The smallest absolute Gasteiger partial charge is 0.0455 e. The van der Waals surface area contributed by atoms with Crippen molar-refractivity contribution >= 4 is 17.3 Å². The molecule has 1 nitrogen and oxygen atoms in total. The molecule has 1 aliphatic heterocycles. The second-order valence-corrected chi connectivity index (χ2v) is 5.06. The Kier molecular flexibility index (Phi) is 2.23. The standard InChI is InChI=1S/C12H16ClN/c1-8-10(13)5-4-9-11(8)14-7-6-12(9,2)3/h4-5,14H,6-7H2,1-3H3. The Bertz CT molecular complexity index is 369. The highest BCUT2D eigenvalue weighted by molar-refractivity contribution is 6.31. The highest BCUT2D eigenvalue weighted by atomic mass is 35.5. The van der Waals surface area contributed by atoms with Gasteiger partial charge in [-0.25, -0.2) is 0 Å². The number of rotatable bonds is 0. The van der Waals surface area contributed by atoms with E-state index in [-0.39, 0.29) is 5.41 Å². The van der Waals surface area contributed by atoms with Gasteiger partial charge in [-0.2, -0.15) is 0 Å². The fraction of sp³-hybridized carbons (Fsp3) is 0.500. The van der Waals surface area contributed by atoms with Crippen molar-refractivity contribution in [2.45, 2.75) is 32.6 Å². The van der Waals surface area contributed by atoms with Crippen LogP contribution >= 0.6 is 11.6 Å². The van der Waals surface area contributed by atoms with Gasteiger partial charge in [0.15, 0.2) is 0 Å². The molecular weight excluding hydrogens is 194 g/mol. The number of anilines is 1. The first-order valence-electron chi connectivity index (χ1n) is 5.06. The van der Waals surface area contributed by atoms with E-state index in [2.05, 4.69) is 32.2 Å². The molecule has 0 saturated carbocycles. The maximum atomic E-state index is 6.10. The summed E-state index contributed by atoms with van der Waals surface area (Å²) < 4.78 is 0. The number of benzene rings is 1. The lowest BCUT2D eigenvalue weighted by molar-refractivity contribution is 0.481. The highest BCUT2D eigenvalue weighted by Gasteiger charge is 2.28. The maximum absolute atomic E-state index is 6.10. The van der Waals surface area contributed by atoms with Crippen LogP contribution in [0.15, 0.2) is 12.1 Å². The Morgan fingerprint density at radius 2 is 2.07 bits per heavy atom. The zero-order chi connectivity index (χ0) is 10.3. The van der Waals surface area contributed by atoms with Crippen molar-refractivity contribution in [3.63, 3.8) is 0 Å². The molecule has 0 amide bonds. The Balaban J connectivity index is 2.62. The Labute approximate surface area is 90.5 Å². The number of hydrogen-bond acceptors (Lipinski definition) is 1. The third-order valence-electron chi connectivity index (χ3n) is 3.18. The van der Waals surface area contributed by atoms with Gasteiger partial charge in [0.05, 0.1) is 0 Å². The largest absolute Gasteiger partial charge is 0.385 e. The van der Waals surface area contributed by atoms with Gasteiger partial charge in [0, 0.05) is 17.3 Å². The molecular formula is C12H16ClN. The van der Waals surface area contributed by atoms with Crippen LogP contribution in [0.5, 0.6) is 0 Å². The van der Waals surface area contributed by atoms with E-state index in [1.54, 1.807) is 0 Å². The molecule has 0 fully saturated rings. The van der Waals surface area contributed by atoms with Gasteiger partial charge in [-0.05, 0) is 36.0 Å². The van der Waals surface area contributed by atoms with Gasteiger partial charge >= 0.3 is 0 Å². The third-order valence-corrected chi connectivity index (χ3v) is 3.59. The molecule has 1 aromatic rings. The second kappa shape index (κ2) is 3.16. The van der Waals surface area contributed by atoms with Gasteiger partial charge < -0.3 is 5.32 Å². The molecule has 0 spiro atoms. The van der Waals surface area contributed by atoms with Crippen LogP contribution in [0.2, 0.25) is 5.02 Å². The molecule has 1 aliphatic rings. The fourth-order valence-electron chi connectivity index (χ4n) is 2.11. The van der Waals surface area contributed by atoms with Crippen molar-refractivity contribution in [1.29, 1.82) is 0 Å². The lowest BCUT2D eigenvalue weighted by Crippen LogP contribution is -2.28. The molecule has 14 heavy (non-hydrogen) atoms. The summed E-state index contributed by atoms with van der Waals surface area (Å²) in [5.41, 5.74) is 4.09. The highest BCUT2D eigenvalue weighted by Crippen LogP contribution is 2.40. The van der Waals surface area contributed by atoms with E-state index in [0.29, 0.717) is 0 Å². The van der Waals surface area contributed by atoms with E-state index in [1.807, 2.05) is 6.07 Å². The van der Waals surface area contributed by atoms with Crippen LogP contribution in [0.1, 0.15) is 31.4 Å². The van der Waals surface area contributed by atoms with E-state index in [4.69, 9.17) is 11.6 Å². The summed E-state index contributed by atoms with van der Waals surface area (Å²) >= 11 is 6.10. The lowest BCUT2D eigenvalue weighted by Gasteiger charge is -2.34. The lowest BCUT2D eigenvalue weighted by atomic mass is 9.77. The summed E-state index contributed by atoms with van der Waals surface area (Å²) in [5.74, 6) is 0. The molecule has 0 bridgehead atoms. The number of nitrogens with one attached hydrogen (secondary N) is 1. The Morgan fingerprint density at radius 3 is 2.79 bits per heavy atom. The summed E-state index contributed by atoms with van der Waals surface area (Å²) in [6, 6.07) is 4.15. The van der Waals surface area contributed by atoms with Crippen molar-refractivity contribution < 1.29 is 0 Å². The predicted molar refractivity (Wildman–Crippen MR) is 62.3 cm³/mol. The summed E-state index contributed by atoms with van der Waals surface area (Å²) in [4.78, 5) is 0. The van der Waals surface area contributed by atoms with Crippen LogP contribution in [-0.4, -0.2) is 6.54 Å². The van der Waals surface area contributed by atoms with Gasteiger partial charge in [-0.1, -0.05) is 31.5 Å². The predicted octanol–water partition coefficient (Wildman–Crippen LogP) is 3.74. The van der Waals surface area contributed by atoms with Gasteiger partial charge in [0.25, 0.3) is 0 Å². The van der Waals surface area contributed by atoms with E-state index >= 15 is 0 Å². The molecule has 0 radical (unpaired) electrons. The summed E-state index contributed by atoms with van der Waals surface area (Å²) in [5, 5.41) is 4.30.